The maximum absolute atomic E-state index is 8.12. The van der Waals surface area contributed by atoms with Crippen molar-refractivity contribution in [2.75, 3.05) is 5.73 Å². The first-order valence-corrected chi connectivity index (χ1v) is 3.91. The van der Waals surface area contributed by atoms with Crippen molar-refractivity contribution in [2.24, 2.45) is 5.11 Å². The van der Waals surface area contributed by atoms with Crippen molar-refractivity contribution in [3.63, 3.8) is 0 Å². The fraction of sp³-hybridized carbons (Fsp3) is 0. The van der Waals surface area contributed by atoms with Crippen molar-refractivity contribution in [2.45, 2.75) is 0 Å². The third kappa shape index (κ3) is 2.28. The Labute approximate surface area is 77.2 Å². The fourth-order valence-corrected chi connectivity index (χ4v) is 1.38. The number of azide groups is 1. The molecule has 4 nitrogen and oxygen atoms in total. The number of nitrogens with zero attached hydrogens (tertiary/aromatic N) is 3. The molecule has 2 N–H and O–H groups in total. The van der Waals surface area contributed by atoms with Crippen molar-refractivity contribution in [1.29, 1.82) is 0 Å². The summed E-state index contributed by atoms with van der Waals surface area (Å²) < 4.78 is 0.963. The molecular formula is C6H5IN4. The molecule has 0 fully saturated rings. The van der Waals surface area contributed by atoms with Crippen molar-refractivity contribution >= 4 is 34.0 Å². The molecule has 0 saturated carbocycles. The second-order valence-electron chi connectivity index (χ2n) is 1.93. The summed E-state index contributed by atoms with van der Waals surface area (Å²) in [5, 5.41) is 3.42. The second kappa shape index (κ2) is 3.45. The summed E-state index contributed by atoms with van der Waals surface area (Å²) in [6, 6.07) is 5.19. The predicted molar refractivity (Wildman–Crippen MR) is 52.4 cm³/mol. The van der Waals surface area contributed by atoms with E-state index in [-0.39, 0.29) is 0 Å². The number of nitrogens with two attached hydrogens (primary N) is 1. The standard InChI is InChI=1S/C6H5IN4/c7-4-1-5(8)3-6(2-4)10-11-9/h1-3H,8H2. The summed E-state index contributed by atoms with van der Waals surface area (Å²) in [7, 11) is 0. The fourth-order valence-electron chi connectivity index (χ4n) is 0.706. The lowest BCUT2D eigenvalue weighted by Gasteiger charge is -1.95. The van der Waals surface area contributed by atoms with E-state index >= 15 is 0 Å². The highest BCUT2D eigenvalue weighted by molar-refractivity contribution is 14.1. The summed E-state index contributed by atoms with van der Waals surface area (Å²) in [6.07, 6.45) is 0. The number of benzene rings is 1. The van der Waals surface area contributed by atoms with Gasteiger partial charge in [0.2, 0.25) is 0 Å². The normalized spacial score (nSPS) is 8.82. The molecule has 0 saturated heterocycles. The molecule has 5 heteroatoms. The summed E-state index contributed by atoms with van der Waals surface area (Å²) in [5.41, 5.74) is 14.8. The zero-order chi connectivity index (χ0) is 8.27. The van der Waals surface area contributed by atoms with E-state index in [2.05, 4.69) is 32.6 Å². The van der Waals surface area contributed by atoms with Crippen LogP contribution in [-0.2, 0) is 0 Å². The molecule has 0 aliphatic rings. The molecule has 1 rings (SSSR count). The molecule has 0 aromatic heterocycles. The second-order valence-corrected chi connectivity index (χ2v) is 3.18. The Morgan fingerprint density at radius 3 is 2.73 bits per heavy atom. The molecule has 0 aliphatic carbocycles. The van der Waals surface area contributed by atoms with Crippen molar-refractivity contribution in [1.82, 2.24) is 0 Å². The van der Waals surface area contributed by atoms with Gasteiger partial charge in [0.15, 0.2) is 0 Å². The minimum absolute atomic E-state index is 0.553. The maximum Gasteiger partial charge on any atom is 0.0406 e. The lowest BCUT2D eigenvalue weighted by atomic mass is 10.3. The average Bonchev–Trinajstić information content (AvgIpc) is 1.85. The van der Waals surface area contributed by atoms with Gasteiger partial charge in [-0.05, 0) is 46.3 Å². The summed E-state index contributed by atoms with van der Waals surface area (Å²) in [6.45, 7) is 0. The Kier molecular flexibility index (Phi) is 2.56. The summed E-state index contributed by atoms with van der Waals surface area (Å²) in [5.74, 6) is 0. The van der Waals surface area contributed by atoms with Crippen molar-refractivity contribution in [3.05, 3.63) is 32.2 Å². The number of halogens is 1. The highest BCUT2D eigenvalue weighted by Crippen LogP contribution is 2.20. The van der Waals surface area contributed by atoms with Crippen LogP contribution in [0.1, 0.15) is 0 Å². The molecular weight excluding hydrogens is 255 g/mol. The molecule has 1 aromatic carbocycles. The number of hydrogen-bond donors (Lipinski definition) is 1. The van der Waals surface area contributed by atoms with Gasteiger partial charge in [0, 0.05) is 19.9 Å². The number of hydrogen-bond acceptors (Lipinski definition) is 2. The van der Waals surface area contributed by atoms with Crippen LogP contribution in [0, 0.1) is 3.57 Å². The maximum atomic E-state index is 8.12. The van der Waals surface area contributed by atoms with Gasteiger partial charge >= 0.3 is 0 Å². The van der Waals surface area contributed by atoms with Gasteiger partial charge in [-0.3, -0.25) is 0 Å². The van der Waals surface area contributed by atoms with Gasteiger partial charge in [-0.25, -0.2) is 0 Å². The molecule has 0 heterocycles. The van der Waals surface area contributed by atoms with E-state index < -0.39 is 0 Å². The Hall–Kier alpha value is -0.940. The van der Waals surface area contributed by atoms with E-state index in [1.807, 2.05) is 0 Å². The summed E-state index contributed by atoms with van der Waals surface area (Å²) in [4.78, 5) is 2.65. The quantitative estimate of drug-likeness (QED) is 0.272. The van der Waals surface area contributed by atoms with Gasteiger partial charge in [0.05, 0.1) is 0 Å². The lowest BCUT2D eigenvalue weighted by Crippen LogP contribution is -1.83. The van der Waals surface area contributed by atoms with E-state index in [4.69, 9.17) is 11.3 Å². The van der Waals surface area contributed by atoms with E-state index in [1.54, 1.807) is 18.2 Å². The van der Waals surface area contributed by atoms with Crippen LogP contribution < -0.4 is 5.73 Å². The Morgan fingerprint density at radius 1 is 1.45 bits per heavy atom. The molecule has 0 spiro atoms. The monoisotopic (exact) mass is 260 g/mol. The van der Waals surface area contributed by atoms with E-state index in [0.29, 0.717) is 11.4 Å². The molecule has 0 amide bonds. The van der Waals surface area contributed by atoms with Crippen LogP contribution in [-0.4, -0.2) is 0 Å². The minimum Gasteiger partial charge on any atom is -0.399 e. The van der Waals surface area contributed by atoms with Crippen LogP contribution >= 0.6 is 22.6 Å². The highest BCUT2D eigenvalue weighted by Gasteiger charge is 1.92. The predicted octanol–water partition coefficient (Wildman–Crippen LogP) is 2.82. The topological polar surface area (TPSA) is 74.8 Å². The van der Waals surface area contributed by atoms with Gasteiger partial charge in [-0.2, -0.15) is 0 Å². The minimum atomic E-state index is 0.553. The van der Waals surface area contributed by atoms with Crippen molar-refractivity contribution < 1.29 is 0 Å². The summed E-state index contributed by atoms with van der Waals surface area (Å²) >= 11 is 2.11. The van der Waals surface area contributed by atoms with Crippen LogP contribution in [0.5, 0.6) is 0 Å². The van der Waals surface area contributed by atoms with E-state index in [0.717, 1.165) is 3.57 Å². The van der Waals surface area contributed by atoms with Gasteiger partial charge in [-0.15, -0.1) is 0 Å². The number of rotatable bonds is 1. The number of anilines is 1. The van der Waals surface area contributed by atoms with Crippen LogP contribution in [0.4, 0.5) is 11.4 Å². The number of nitrogen functional groups attached to an aromatic ring is 1. The Morgan fingerprint density at radius 2 is 2.18 bits per heavy atom. The smallest absolute Gasteiger partial charge is 0.0406 e. The highest BCUT2D eigenvalue weighted by atomic mass is 127. The largest absolute Gasteiger partial charge is 0.399 e. The Bertz CT molecular complexity index is 296. The van der Waals surface area contributed by atoms with Crippen LogP contribution in [0.2, 0.25) is 0 Å². The molecule has 1 aromatic rings. The molecule has 0 aliphatic heterocycles. The molecule has 56 valence electrons. The first kappa shape index (κ1) is 8.16. The van der Waals surface area contributed by atoms with Gasteiger partial charge in [0.25, 0.3) is 0 Å². The molecule has 0 radical (unpaired) electrons. The first-order chi connectivity index (χ1) is 5.22. The van der Waals surface area contributed by atoms with Gasteiger partial charge in [-0.1, -0.05) is 5.11 Å². The zero-order valence-corrected chi connectivity index (χ0v) is 7.69. The van der Waals surface area contributed by atoms with E-state index in [1.165, 1.54) is 0 Å². The Balaban J connectivity index is 3.18. The molecule has 11 heavy (non-hydrogen) atoms. The lowest BCUT2D eigenvalue weighted by molar-refractivity contribution is 1.46. The molecule has 0 bridgehead atoms. The van der Waals surface area contributed by atoms with Crippen LogP contribution in [0.15, 0.2) is 23.3 Å². The third-order valence-electron chi connectivity index (χ3n) is 1.07. The van der Waals surface area contributed by atoms with Gasteiger partial charge in [0.1, 0.15) is 0 Å². The van der Waals surface area contributed by atoms with E-state index in [9.17, 15) is 0 Å². The zero-order valence-electron chi connectivity index (χ0n) is 5.53. The molecule has 0 unspecified atom stereocenters. The van der Waals surface area contributed by atoms with Crippen LogP contribution in [0.25, 0.3) is 10.4 Å². The SMILES string of the molecule is [N-]=[N+]=Nc1cc(N)cc(I)c1. The van der Waals surface area contributed by atoms with Gasteiger partial charge < -0.3 is 5.73 Å². The van der Waals surface area contributed by atoms with Crippen LogP contribution in [0.3, 0.4) is 0 Å². The third-order valence-corrected chi connectivity index (χ3v) is 1.69. The average molecular weight is 260 g/mol. The van der Waals surface area contributed by atoms with Crippen molar-refractivity contribution in [3.8, 4) is 0 Å². The first-order valence-electron chi connectivity index (χ1n) is 2.83. The molecule has 0 atom stereocenters.